The van der Waals surface area contributed by atoms with E-state index in [1.807, 2.05) is 0 Å². The second-order valence-electron chi connectivity index (χ2n) is 7.53. The van der Waals surface area contributed by atoms with Crippen molar-refractivity contribution in [2.45, 2.75) is 116 Å². The topological polar surface area (TPSA) is 0 Å². The fraction of sp³-hybridized carbons (Fsp3) is 0.818. The molecule has 0 bridgehead atoms. The number of rotatable bonds is 17. The normalized spacial score (nSPS) is 14.1. The third kappa shape index (κ3) is 13.8. The van der Waals surface area contributed by atoms with Gasteiger partial charge < -0.3 is 0 Å². The lowest BCUT2D eigenvalue weighted by atomic mass is 10.0. The Labute approximate surface area is 148 Å². The molecule has 134 valence electrons. The summed E-state index contributed by atoms with van der Waals surface area (Å²) in [6.07, 6.45) is 28.1. The van der Waals surface area contributed by atoms with Gasteiger partial charge in [-0.3, -0.25) is 0 Å². The minimum atomic E-state index is -0.535. The molecule has 23 heavy (non-hydrogen) atoms. The van der Waals surface area contributed by atoms with Crippen molar-refractivity contribution in [1.29, 1.82) is 0 Å². The Hall–Kier alpha value is -0.303. The summed E-state index contributed by atoms with van der Waals surface area (Å²) in [5, 5.41) is 0. The van der Waals surface area contributed by atoms with Crippen LogP contribution in [-0.4, -0.2) is 8.80 Å². The molecule has 1 heteroatoms. The van der Waals surface area contributed by atoms with Gasteiger partial charge in [0.2, 0.25) is 0 Å². The van der Waals surface area contributed by atoms with Crippen LogP contribution in [-0.2, 0) is 0 Å². The summed E-state index contributed by atoms with van der Waals surface area (Å²) in [6.45, 7) is 2.30. The highest BCUT2D eigenvalue weighted by molar-refractivity contribution is 6.70. The van der Waals surface area contributed by atoms with Crippen LogP contribution in [0, 0.1) is 0 Å². The quantitative estimate of drug-likeness (QED) is 0.189. The molecule has 0 aromatic heterocycles. The minimum Gasteiger partial charge on any atom is -0.0935 e. The van der Waals surface area contributed by atoms with Crippen molar-refractivity contribution in [3.63, 3.8) is 0 Å². The molecule has 1 heterocycles. The van der Waals surface area contributed by atoms with Crippen molar-refractivity contribution in [2.24, 2.45) is 0 Å². The standard InChI is InChI=1S/C22H42Si/c1-2-3-4-5-6-7-8-9-10-11-12-13-14-15-16-17-20-23-21-18-19-22-23/h18-19,21-23H,2-17,20H2,1H3. The Morgan fingerprint density at radius 3 is 1.22 bits per heavy atom. The molecule has 0 radical (unpaired) electrons. The predicted molar refractivity (Wildman–Crippen MR) is 110 cm³/mol. The Morgan fingerprint density at radius 2 is 0.826 bits per heavy atom. The van der Waals surface area contributed by atoms with E-state index in [1.54, 1.807) is 0 Å². The van der Waals surface area contributed by atoms with Crippen LogP contribution in [0.2, 0.25) is 6.04 Å². The van der Waals surface area contributed by atoms with Gasteiger partial charge >= 0.3 is 0 Å². The lowest BCUT2D eigenvalue weighted by molar-refractivity contribution is 0.531. The molecule has 0 nitrogen and oxygen atoms in total. The zero-order valence-electron chi connectivity index (χ0n) is 15.9. The molecule has 0 aromatic carbocycles. The number of unbranched alkanes of at least 4 members (excludes halogenated alkanes) is 15. The molecule has 0 aliphatic carbocycles. The van der Waals surface area contributed by atoms with Gasteiger partial charge in [0.1, 0.15) is 0 Å². The summed E-state index contributed by atoms with van der Waals surface area (Å²) in [6, 6.07) is 1.51. The van der Waals surface area contributed by atoms with Gasteiger partial charge in [-0.2, -0.15) is 0 Å². The highest BCUT2D eigenvalue weighted by atomic mass is 28.3. The Kier molecular flexibility index (Phi) is 14.9. The lowest BCUT2D eigenvalue weighted by Crippen LogP contribution is -2.01. The van der Waals surface area contributed by atoms with E-state index in [0.717, 1.165) is 0 Å². The first kappa shape index (κ1) is 20.7. The zero-order valence-corrected chi connectivity index (χ0v) is 17.1. The van der Waals surface area contributed by atoms with Crippen LogP contribution in [0.3, 0.4) is 0 Å². The maximum atomic E-state index is 2.48. The van der Waals surface area contributed by atoms with E-state index >= 15 is 0 Å². The molecule has 1 aliphatic heterocycles. The van der Waals surface area contributed by atoms with Gasteiger partial charge in [-0.25, -0.2) is 0 Å². The van der Waals surface area contributed by atoms with Crippen molar-refractivity contribution in [3.8, 4) is 0 Å². The number of hydrogen-bond acceptors (Lipinski definition) is 0. The van der Waals surface area contributed by atoms with Gasteiger partial charge in [0, 0.05) is 0 Å². The second-order valence-corrected chi connectivity index (χ2v) is 10.2. The van der Waals surface area contributed by atoms with Crippen LogP contribution in [0.5, 0.6) is 0 Å². The molecule has 1 aliphatic rings. The van der Waals surface area contributed by atoms with Gasteiger partial charge in [-0.15, -0.1) is 0 Å². The second kappa shape index (κ2) is 16.6. The van der Waals surface area contributed by atoms with Crippen LogP contribution in [0.25, 0.3) is 0 Å². The molecular weight excluding hydrogens is 292 g/mol. The van der Waals surface area contributed by atoms with Gasteiger partial charge in [0.05, 0.1) is 8.80 Å². The lowest BCUT2D eigenvalue weighted by Gasteiger charge is -2.04. The van der Waals surface area contributed by atoms with E-state index in [4.69, 9.17) is 0 Å². The summed E-state index contributed by atoms with van der Waals surface area (Å²) in [5.74, 6) is 0. The first-order chi connectivity index (χ1) is 11.4. The predicted octanol–water partition coefficient (Wildman–Crippen LogP) is 7.68. The average molecular weight is 335 g/mol. The summed E-state index contributed by atoms with van der Waals surface area (Å²) in [7, 11) is -0.535. The van der Waals surface area contributed by atoms with Gasteiger partial charge in [-0.05, 0) is 0 Å². The molecule has 1 rings (SSSR count). The van der Waals surface area contributed by atoms with Gasteiger partial charge in [0.15, 0.2) is 0 Å². The molecule has 0 N–H and O–H groups in total. The first-order valence-corrected chi connectivity index (χ1v) is 12.9. The van der Waals surface area contributed by atoms with E-state index in [0.29, 0.717) is 0 Å². The van der Waals surface area contributed by atoms with Crippen LogP contribution in [0.15, 0.2) is 23.6 Å². The molecular formula is C22H42Si. The summed E-state index contributed by atoms with van der Waals surface area (Å²) in [5.41, 5.74) is 4.95. The van der Waals surface area contributed by atoms with Crippen LogP contribution in [0.4, 0.5) is 0 Å². The fourth-order valence-corrected chi connectivity index (χ4v) is 5.70. The van der Waals surface area contributed by atoms with Gasteiger partial charge in [-0.1, -0.05) is 139 Å². The van der Waals surface area contributed by atoms with E-state index in [2.05, 4.69) is 30.5 Å². The highest BCUT2D eigenvalue weighted by Crippen LogP contribution is 2.15. The van der Waals surface area contributed by atoms with Gasteiger partial charge in [0.25, 0.3) is 0 Å². The van der Waals surface area contributed by atoms with Crippen molar-refractivity contribution in [2.75, 3.05) is 0 Å². The molecule has 0 aromatic rings. The van der Waals surface area contributed by atoms with E-state index in [1.165, 1.54) is 109 Å². The Bertz CT molecular complexity index is 280. The summed E-state index contributed by atoms with van der Waals surface area (Å²) < 4.78 is 0. The maximum absolute atomic E-state index is 2.48. The Morgan fingerprint density at radius 1 is 0.478 bits per heavy atom. The molecule has 0 amide bonds. The average Bonchev–Trinajstić information content (AvgIpc) is 3.08. The molecule has 0 spiro atoms. The van der Waals surface area contributed by atoms with Crippen LogP contribution in [0.1, 0.15) is 110 Å². The van der Waals surface area contributed by atoms with Crippen LogP contribution < -0.4 is 0 Å². The van der Waals surface area contributed by atoms with E-state index in [9.17, 15) is 0 Å². The monoisotopic (exact) mass is 334 g/mol. The third-order valence-corrected chi connectivity index (χ3v) is 7.73. The van der Waals surface area contributed by atoms with Crippen LogP contribution >= 0.6 is 0 Å². The molecule has 0 atom stereocenters. The third-order valence-electron chi connectivity index (χ3n) is 5.22. The highest BCUT2D eigenvalue weighted by Gasteiger charge is 2.04. The first-order valence-electron chi connectivity index (χ1n) is 10.8. The van der Waals surface area contributed by atoms with E-state index < -0.39 is 8.80 Å². The Balaban J connectivity index is 1.65. The smallest absolute Gasteiger partial charge is 0.0852 e. The maximum Gasteiger partial charge on any atom is 0.0852 e. The molecule has 0 unspecified atom stereocenters. The van der Waals surface area contributed by atoms with E-state index in [-0.39, 0.29) is 0 Å². The fourth-order valence-electron chi connectivity index (χ4n) is 3.60. The summed E-state index contributed by atoms with van der Waals surface area (Å²) in [4.78, 5) is 0. The van der Waals surface area contributed by atoms with Crippen molar-refractivity contribution < 1.29 is 0 Å². The largest absolute Gasteiger partial charge is 0.0935 e. The molecule has 0 saturated carbocycles. The zero-order chi connectivity index (χ0) is 16.4. The summed E-state index contributed by atoms with van der Waals surface area (Å²) >= 11 is 0. The SMILES string of the molecule is CCCCCCCCCCCCCCCCCC[SiH]1C=CC=C1. The minimum absolute atomic E-state index is 0.535. The van der Waals surface area contributed by atoms with Crippen molar-refractivity contribution in [3.05, 3.63) is 23.6 Å². The van der Waals surface area contributed by atoms with Crippen molar-refractivity contribution in [1.82, 2.24) is 0 Å². The number of hydrogen-bond donors (Lipinski definition) is 0. The number of allylic oxidation sites excluding steroid dienone is 2. The molecule has 0 saturated heterocycles. The molecule has 0 fully saturated rings. The van der Waals surface area contributed by atoms with Crippen molar-refractivity contribution >= 4 is 8.80 Å².